The molecule has 1 atom stereocenters. The first-order valence-electron chi connectivity index (χ1n) is 9.62. The second-order valence-electron chi connectivity index (χ2n) is 7.57. The zero-order valence-corrected chi connectivity index (χ0v) is 15.2. The third kappa shape index (κ3) is 5.03. The molecule has 1 aliphatic carbocycles. The number of likely N-dealkylation sites (tertiary alicyclic amines) is 1. The Morgan fingerprint density at radius 3 is 2.72 bits per heavy atom. The zero-order valence-electron chi connectivity index (χ0n) is 15.2. The fraction of sp³-hybridized carbons (Fsp3) is 0.650. The van der Waals surface area contributed by atoms with Crippen LogP contribution in [0, 0.1) is 5.92 Å². The van der Waals surface area contributed by atoms with Crippen LogP contribution in [-0.2, 0) is 11.2 Å². The van der Waals surface area contributed by atoms with Crippen LogP contribution in [0.3, 0.4) is 0 Å². The van der Waals surface area contributed by atoms with Gasteiger partial charge in [-0.2, -0.15) is 0 Å². The van der Waals surface area contributed by atoms with Crippen molar-refractivity contribution in [3.8, 4) is 0 Å². The van der Waals surface area contributed by atoms with Gasteiger partial charge in [0.1, 0.15) is 0 Å². The van der Waals surface area contributed by atoms with Crippen LogP contribution in [0.1, 0.15) is 67.8 Å². The van der Waals surface area contributed by atoms with Gasteiger partial charge in [0.25, 0.3) is 5.91 Å². The SMILES string of the molecule is CC(=O)N1CCCC(Cc2cncc(C(=O)NC3CCCCC3)c2)C1. The lowest BCUT2D eigenvalue weighted by Crippen LogP contribution is -2.39. The van der Waals surface area contributed by atoms with Gasteiger partial charge in [-0.1, -0.05) is 19.3 Å². The molecule has 0 radical (unpaired) electrons. The molecule has 1 aromatic heterocycles. The van der Waals surface area contributed by atoms with Crippen LogP contribution in [0.4, 0.5) is 0 Å². The van der Waals surface area contributed by atoms with Crippen LogP contribution in [0.15, 0.2) is 18.5 Å². The van der Waals surface area contributed by atoms with Gasteiger partial charge in [-0.25, -0.2) is 0 Å². The molecule has 1 saturated carbocycles. The molecular formula is C20H29N3O2. The summed E-state index contributed by atoms with van der Waals surface area (Å²) in [6, 6.07) is 2.28. The maximum absolute atomic E-state index is 12.5. The summed E-state index contributed by atoms with van der Waals surface area (Å²) in [7, 11) is 0. The maximum atomic E-state index is 12.5. The van der Waals surface area contributed by atoms with E-state index >= 15 is 0 Å². The lowest BCUT2D eigenvalue weighted by Gasteiger charge is -2.32. The highest BCUT2D eigenvalue weighted by atomic mass is 16.2. The number of aromatic nitrogens is 1. The summed E-state index contributed by atoms with van der Waals surface area (Å²) in [4.78, 5) is 30.3. The number of carbonyl (C=O) groups excluding carboxylic acids is 2. The monoisotopic (exact) mass is 343 g/mol. The predicted molar refractivity (Wildman–Crippen MR) is 97.3 cm³/mol. The van der Waals surface area contributed by atoms with Crippen LogP contribution in [-0.4, -0.2) is 40.8 Å². The Kier molecular flexibility index (Phi) is 6.05. The quantitative estimate of drug-likeness (QED) is 0.914. The van der Waals surface area contributed by atoms with Crippen LogP contribution in [0.2, 0.25) is 0 Å². The summed E-state index contributed by atoms with van der Waals surface area (Å²) < 4.78 is 0. The Bertz CT molecular complexity index is 611. The molecule has 0 aromatic carbocycles. The van der Waals surface area contributed by atoms with E-state index in [9.17, 15) is 9.59 Å². The number of hydrogen-bond acceptors (Lipinski definition) is 3. The molecule has 0 bridgehead atoms. The number of nitrogens with zero attached hydrogens (tertiary/aromatic N) is 2. The van der Waals surface area contributed by atoms with Crippen LogP contribution < -0.4 is 5.32 Å². The summed E-state index contributed by atoms with van der Waals surface area (Å²) in [5.74, 6) is 0.606. The predicted octanol–water partition coefficient (Wildman–Crippen LogP) is 2.95. The maximum Gasteiger partial charge on any atom is 0.253 e. The van der Waals surface area contributed by atoms with E-state index in [1.165, 1.54) is 19.3 Å². The fourth-order valence-electron chi connectivity index (χ4n) is 4.09. The largest absolute Gasteiger partial charge is 0.349 e. The molecule has 5 heteroatoms. The molecule has 136 valence electrons. The molecule has 5 nitrogen and oxygen atoms in total. The molecule has 1 aliphatic heterocycles. The second-order valence-corrected chi connectivity index (χ2v) is 7.57. The number of hydrogen-bond donors (Lipinski definition) is 1. The first kappa shape index (κ1) is 17.9. The molecular weight excluding hydrogens is 314 g/mol. The van der Waals surface area contributed by atoms with Crippen molar-refractivity contribution >= 4 is 11.8 Å². The standard InChI is InChI=1S/C20H29N3O2/c1-15(24)23-9-5-6-16(14-23)10-17-11-18(13-21-12-17)20(25)22-19-7-3-2-4-8-19/h11-13,16,19H,2-10,14H2,1H3,(H,22,25). The Morgan fingerprint density at radius 1 is 1.16 bits per heavy atom. The van der Waals surface area contributed by atoms with E-state index < -0.39 is 0 Å². The van der Waals surface area contributed by atoms with Crippen molar-refractivity contribution in [2.45, 2.75) is 64.3 Å². The summed E-state index contributed by atoms with van der Waals surface area (Å²) in [5, 5.41) is 3.16. The van der Waals surface area contributed by atoms with Crippen molar-refractivity contribution in [2.24, 2.45) is 5.92 Å². The highest BCUT2D eigenvalue weighted by Crippen LogP contribution is 2.21. The number of amides is 2. The normalized spacial score (nSPS) is 21.8. The number of nitrogens with one attached hydrogen (secondary N) is 1. The van der Waals surface area contributed by atoms with E-state index in [0.29, 0.717) is 17.5 Å². The van der Waals surface area contributed by atoms with E-state index in [2.05, 4.69) is 10.3 Å². The van der Waals surface area contributed by atoms with Gasteiger partial charge in [-0.3, -0.25) is 14.6 Å². The van der Waals surface area contributed by atoms with Gasteiger partial charge in [-0.15, -0.1) is 0 Å². The topological polar surface area (TPSA) is 62.3 Å². The number of carbonyl (C=O) groups is 2. The summed E-state index contributed by atoms with van der Waals surface area (Å²) in [6.45, 7) is 3.32. The van der Waals surface area contributed by atoms with Crippen molar-refractivity contribution in [3.63, 3.8) is 0 Å². The summed E-state index contributed by atoms with van der Waals surface area (Å²) >= 11 is 0. The van der Waals surface area contributed by atoms with E-state index in [0.717, 1.165) is 50.8 Å². The van der Waals surface area contributed by atoms with Gasteiger partial charge in [0.15, 0.2) is 0 Å². The second kappa shape index (κ2) is 8.45. The third-order valence-corrected chi connectivity index (χ3v) is 5.49. The van der Waals surface area contributed by atoms with Crippen LogP contribution in [0.25, 0.3) is 0 Å². The Morgan fingerprint density at radius 2 is 1.96 bits per heavy atom. The number of piperidine rings is 1. The Labute approximate surface area is 150 Å². The average Bonchev–Trinajstić information content (AvgIpc) is 2.63. The van der Waals surface area contributed by atoms with E-state index in [1.54, 1.807) is 13.1 Å². The molecule has 2 amide bonds. The molecule has 0 spiro atoms. The highest BCUT2D eigenvalue weighted by molar-refractivity contribution is 5.94. The molecule has 1 N–H and O–H groups in total. The van der Waals surface area contributed by atoms with Gasteiger partial charge >= 0.3 is 0 Å². The van der Waals surface area contributed by atoms with Crippen molar-refractivity contribution in [1.82, 2.24) is 15.2 Å². The molecule has 2 heterocycles. The molecule has 2 fully saturated rings. The fourth-order valence-corrected chi connectivity index (χ4v) is 4.09. The zero-order chi connectivity index (χ0) is 17.6. The average molecular weight is 343 g/mol. The van der Waals surface area contributed by atoms with E-state index in [-0.39, 0.29) is 11.8 Å². The molecule has 2 aliphatic rings. The number of pyridine rings is 1. The molecule has 25 heavy (non-hydrogen) atoms. The first-order chi connectivity index (χ1) is 12.1. The van der Waals surface area contributed by atoms with Crippen molar-refractivity contribution in [3.05, 3.63) is 29.6 Å². The van der Waals surface area contributed by atoms with E-state index in [4.69, 9.17) is 0 Å². The highest BCUT2D eigenvalue weighted by Gasteiger charge is 2.22. The van der Waals surface area contributed by atoms with Crippen molar-refractivity contribution in [1.29, 1.82) is 0 Å². The molecule has 1 aromatic rings. The smallest absolute Gasteiger partial charge is 0.253 e. The lowest BCUT2D eigenvalue weighted by atomic mass is 9.91. The van der Waals surface area contributed by atoms with Gasteiger partial charge in [0.2, 0.25) is 5.91 Å². The van der Waals surface area contributed by atoms with Gasteiger partial charge in [0.05, 0.1) is 5.56 Å². The van der Waals surface area contributed by atoms with Gasteiger partial charge in [0, 0.05) is 38.4 Å². The van der Waals surface area contributed by atoms with E-state index in [1.807, 2.05) is 17.2 Å². The minimum absolute atomic E-state index is 0.00439. The lowest BCUT2D eigenvalue weighted by molar-refractivity contribution is -0.130. The van der Waals surface area contributed by atoms with Crippen LogP contribution >= 0.6 is 0 Å². The van der Waals surface area contributed by atoms with Gasteiger partial charge < -0.3 is 10.2 Å². The molecule has 1 unspecified atom stereocenters. The third-order valence-electron chi connectivity index (χ3n) is 5.49. The number of rotatable bonds is 4. The van der Waals surface area contributed by atoms with Gasteiger partial charge in [-0.05, 0) is 49.7 Å². The summed E-state index contributed by atoms with van der Waals surface area (Å²) in [5.41, 5.74) is 1.74. The van der Waals surface area contributed by atoms with Crippen LogP contribution in [0.5, 0.6) is 0 Å². The molecule has 3 rings (SSSR count). The minimum Gasteiger partial charge on any atom is -0.349 e. The Hall–Kier alpha value is -1.91. The molecule has 1 saturated heterocycles. The minimum atomic E-state index is -0.00439. The van der Waals surface area contributed by atoms with Crippen molar-refractivity contribution < 1.29 is 9.59 Å². The van der Waals surface area contributed by atoms with Crippen molar-refractivity contribution in [2.75, 3.05) is 13.1 Å². The Balaban J connectivity index is 1.59. The first-order valence-corrected chi connectivity index (χ1v) is 9.62. The summed E-state index contributed by atoms with van der Waals surface area (Å²) in [6.07, 6.45) is 12.4.